The maximum atomic E-state index is 12.5. The van der Waals surface area contributed by atoms with Crippen LogP contribution >= 0.6 is 0 Å². The van der Waals surface area contributed by atoms with Gasteiger partial charge in [-0.2, -0.15) is 0 Å². The van der Waals surface area contributed by atoms with Gasteiger partial charge in [-0.05, 0) is 0 Å². The summed E-state index contributed by atoms with van der Waals surface area (Å²) < 4.78 is 29.8. The van der Waals surface area contributed by atoms with E-state index in [0.29, 0.717) is 0 Å². The highest BCUT2D eigenvalue weighted by Gasteiger charge is 2.47. The van der Waals surface area contributed by atoms with Crippen molar-refractivity contribution in [3.05, 3.63) is 25.2 Å². The van der Waals surface area contributed by atoms with Crippen LogP contribution in [0.15, 0.2) is 25.2 Å². The van der Waals surface area contributed by atoms with Crippen molar-refractivity contribution in [3.63, 3.8) is 0 Å². The van der Waals surface area contributed by atoms with Gasteiger partial charge in [0.15, 0.2) is 0 Å². The Bertz CT molecular complexity index is 297. The average molecular weight is 232 g/mol. The summed E-state index contributed by atoms with van der Waals surface area (Å²) in [4.78, 5) is 12.5. The van der Waals surface area contributed by atoms with E-state index in [2.05, 4.69) is 11.9 Å². The zero-order valence-corrected chi connectivity index (χ0v) is 8.95. The smallest absolute Gasteiger partial charge is 0.418 e. The minimum Gasteiger partial charge on any atom is -0.445 e. The molecule has 0 unspecified atom stereocenters. The molecule has 0 radical (unpaired) electrons. The van der Waals surface area contributed by atoms with Crippen LogP contribution in [0.3, 0.4) is 0 Å². The fraction of sp³-hybridized carbons (Fsp3) is 0.500. The third kappa shape index (κ3) is 3.22. The molecule has 1 rings (SSSR count). The number of rotatable bonds is 4. The minimum atomic E-state index is -2.69. The van der Waals surface area contributed by atoms with Gasteiger partial charge >= 0.3 is 6.09 Å². The zero-order chi connectivity index (χ0) is 12.2. The molecule has 1 saturated carbocycles. The molecule has 1 amide bonds. The van der Waals surface area contributed by atoms with Gasteiger partial charge in [-0.15, -0.1) is 0 Å². The Balaban J connectivity index is 2.39. The molecule has 90 valence electrons. The van der Waals surface area contributed by atoms with E-state index in [1.807, 2.05) is 0 Å². The molecule has 0 aromatic heterocycles. The predicted octanol–water partition coefficient (Wildman–Crippen LogP) is 2.06. The average Bonchev–Trinajstić information content (AvgIpc) is 2.16. The Morgan fingerprint density at radius 3 is 2.69 bits per heavy atom. The molecule has 4 nitrogen and oxygen atoms in total. The first-order valence-corrected chi connectivity index (χ1v) is 4.82. The topological polar surface area (TPSA) is 41.6 Å². The lowest BCUT2D eigenvalue weighted by atomic mass is 9.91. The summed E-state index contributed by atoms with van der Waals surface area (Å²) in [5.41, 5.74) is 0. The van der Waals surface area contributed by atoms with Crippen molar-refractivity contribution in [1.82, 2.24) is 10.2 Å². The summed E-state index contributed by atoms with van der Waals surface area (Å²) in [5.74, 6) is -2.69. The highest BCUT2D eigenvalue weighted by molar-refractivity contribution is 5.70. The number of hydrogen-bond donors (Lipinski definition) is 1. The lowest BCUT2D eigenvalue weighted by Crippen LogP contribution is -2.43. The van der Waals surface area contributed by atoms with Crippen LogP contribution in [0.4, 0.5) is 13.6 Å². The maximum Gasteiger partial charge on any atom is 0.418 e. The van der Waals surface area contributed by atoms with Crippen molar-refractivity contribution in [2.75, 3.05) is 7.05 Å². The number of nitrogens with zero attached hydrogens (tertiary/aromatic N) is 1. The van der Waals surface area contributed by atoms with Gasteiger partial charge in [0.25, 0.3) is 5.92 Å². The molecule has 1 aliphatic rings. The van der Waals surface area contributed by atoms with Crippen LogP contribution in [-0.2, 0) is 4.74 Å². The van der Waals surface area contributed by atoms with E-state index >= 15 is 0 Å². The molecule has 16 heavy (non-hydrogen) atoms. The monoisotopic (exact) mass is 232 g/mol. The molecule has 0 atom stereocenters. The lowest BCUT2D eigenvalue weighted by molar-refractivity contribution is -0.146. The van der Waals surface area contributed by atoms with Crippen LogP contribution in [-0.4, -0.2) is 30.1 Å². The molecule has 0 heterocycles. The van der Waals surface area contributed by atoms with Crippen molar-refractivity contribution in [1.29, 1.82) is 0 Å². The normalized spacial score (nSPS) is 18.9. The van der Waals surface area contributed by atoms with Crippen molar-refractivity contribution < 1.29 is 18.3 Å². The number of halogens is 2. The van der Waals surface area contributed by atoms with Gasteiger partial charge in [0.1, 0.15) is 6.10 Å². The zero-order valence-electron chi connectivity index (χ0n) is 8.95. The number of hydrogen-bond acceptors (Lipinski definition) is 3. The molecule has 0 aromatic rings. The standard InChI is InChI=1S/C10H14F2N2O2/c1-3-14(5-4-13-2)9(15)16-8-6-10(11,12)7-8/h3-5,8,13H,1,6-7H2,2H3/b5-4-. The third-order valence-corrected chi connectivity index (χ3v) is 2.13. The lowest BCUT2D eigenvalue weighted by Gasteiger charge is -2.34. The molecule has 1 aliphatic carbocycles. The Kier molecular flexibility index (Phi) is 3.87. The Morgan fingerprint density at radius 1 is 1.62 bits per heavy atom. The van der Waals surface area contributed by atoms with Crippen LogP contribution in [0.2, 0.25) is 0 Å². The minimum absolute atomic E-state index is 0.403. The first-order valence-electron chi connectivity index (χ1n) is 4.82. The summed E-state index contributed by atoms with van der Waals surface area (Å²) in [6.07, 6.45) is 1.92. The van der Waals surface area contributed by atoms with Crippen molar-refractivity contribution in [3.8, 4) is 0 Å². The fourth-order valence-corrected chi connectivity index (χ4v) is 1.24. The van der Waals surface area contributed by atoms with Gasteiger partial charge in [-0.1, -0.05) is 6.58 Å². The SMILES string of the molecule is C=CN(/C=C\NC)C(=O)OC1CC(F)(F)C1. The number of nitrogens with one attached hydrogen (secondary N) is 1. The molecular formula is C10H14F2N2O2. The molecular weight excluding hydrogens is 218 g/mol. The number of carbonyl (C=O) groups excluding carboxylic acids is 1. The van der Waals surface area contributed by atoms with E-state index in [4.69, 9.17) is 4.74 Å². The van der Waals surface area contributed by atoms with Gasteiger partial charge < -0.3 is 10.1 Å². The van der Waals surface area contributed by atoms with Gasteiger partial charge in [0, 0.05) is 38.5 Å². The first-order chi connectivity index (χ1) is 7.48. The van der Waals surface area contributed by atoms with Gasteiger partial charge in [-0.3, -0.25) is 4.90 Å². The quantitative estimate of drug-likeness (QED) is 0.806. The molecule has 0 aromatic carbocycles. The second-order valence-electron chi connectivity index (χ2n) is 3.46. The largest absolute Gasteiger partial charge is 0.445 e. The summed E-state index contributed by atoms with van der Waals surface area (Å²) in [6, 6.07) is 0. The Labute approximate surface area is 92.6 Å². The highest BCUT2D eigenvalue weighted by atomic mass is 19.3. The van der Waals surface area contributed by atoms with E-state index in [9.17, 15) is 13.6 Å². The fourth-order valence-electron chi connectivity index (χ4n) is 1.24. The van der Waals surface area contributed by atoms with Crippen LogP contribution < -0.4 is 5.32 Å². The maximum absolute atomic E-state index is 12.5. The summed E-state index contributed by atoms with van der Waals surface area (Å²) in [7, 11) is 1.66. The molecule has 6 heteroatoms. The number of alkyl halides is 2. The summed E-state index contributed by atoms with van der Waals surface area (Å²) >= 11 is 0. The van der Waals surface area contributed by atoms with Gasteiger partial charge in [0.2, 0.25) is 0 Å². The van der Waals surface area contributed by atoms with Gasteiger partial charge in [-0.25, -0.2) is 13.6 Å². The summed E-state index contributed by atoms with van der Waals surface area (Å²) in [5, 5.41) is 2.68. The van der Waals surface area contributed by atoms with E-state index in [1.54, 1.807) is 7.05 Å². The second kappa shape index (κ2) is 4.96. The second-order valence-corrected chi connectivity index (χ2v) is 3.46. The molecule has 0 aliphatic heterocycles. The van der Waals surface area contributed by atoms with Crippen molar-refractivity contribution in [2.45, 2.75) is 24.9 Å². The Morgan fingerprint density at radius 2 is 2.25 bits per heavy atom. The number of ether oxygens (including phenoxy) is 1. The highest BCUT2D eigenvalue weighted by Crippen LogP contribution is 2.39. The van der Waals surface area contributed by atoms with E-state index in [1.165, 1.54) is 18.6 Å². The summed E-state index contributed by atoms with van der Waals surface area (Å²) in [6.45, 7) is 3.41. The van der Waals surface area contributed by atoms with Crippen molar-refractivity contribution >= 4 is 6.09 Å². The Hall–Kier alpha value is -1.59. The van der Waals surface area contributed by atoms with E-state index in [-0.39, 0.29) is 0 Å². The van der Waals surface area contributed by atoms with Crippen LogP contribution in [0.5, 0.6) is 0 Å². The van der Waals surface area contributed by atoms with Crippen LogP contribution in [0.1, 0.15) is 12.8 Å². The van der Waals surface area contributed by atoms with Crippen LogP contribution in [0.25, 0.3) is 0 Å². The van der Waals surface area contributed by atoms with Crippen LogP contribution in [0, 0.1) is 0 Å². The first kappa shape index (κ1) is 12.5. The third-order valence-electron chi connectivity index (χ3n) is 2.13. The molecule has 0 spiro atoms. The van der Waals surface area contributed by atoms with E-state index < -0.39 is 31.0 Å². The van der Waals surface area contributed by atoms with Gasteiger partial charge in [0.05, 0.1) is 0 Å². The number of carbonyl (C=O) groups is 1. The molecule has 0 saturated heterocycles. The number of amides is 1. The molecule has 1 N–H and O–H groups in total. The predicted molar refractivity (Wildman–Crippen MR) is 54.7 cm³/mol. The van der Waals surface area contributed by atoms with Crippen molar-refractivity contribution in [2.24, 2.45) is 0 Å². The van der Waals surface area contributed by atoms with E-state index in [0.717, 1.165) is 4.90 Å². The molecule has 1 fully saturated rings. The molecule has 0 bridgehead atoms.